The van der Waals surface area contributed by atoms with E-state index in [1.807, 2.05) is 36.4 Å². The molecule has 3 aromatic carbocycles. The van der Waals surface area contributed by atoms with Crippen molar-refractivity contribution in [1.82, 2.24) is 9.80 Å². The summed E-state index contributed by atoms with van der Waals surface area (Å²) in [6, 6.07) is 18.1. The van der Waals surface area contributed by atoms with Crippen molar-refractivity contribution in [2.75, 3.05) is 52.5 Å². The van der Waals surface area contributed by atoms with E-state index in [1.54, 1.807) is 36.7 Å². The molecular formula is C34H42N4O4. The number of phenols is 2. The molecule has 2 aliphatic heterocycles. The standard InChI is InChI=1S/C34H42N4O4/c39-33-23-29(41-21-19-37-15-5-1-6-16-37)13-11-27(33)25-35-31-9-3-4-10-32(31)36-26-28-12-14-30(24-34(28)40)42-22-20-38-17-7-2-8-18-38/h3-4,9-14,23-26,39-40H,1-2,5-8,15-22H2. The Labute approximate surface area is 248 Å². The molecule has 42 heavy (non-hydrogen) atoms. The van der Waals surface area contributed by atoms with E-state index in [0.717, 1.165) is 39.3 Å². The maximum absolute atomic E-state index is 10.6. The van der Waals surface area contributed by atoms with Gasteiger partial charge in [0.25, 0.3) is 0 Å². The van der Waals surface area contributed by atoms with Crippen molar-refractivity contribution < 1.29 is 19.7 Å². The van der Waals surface area contributed by atoms with E-state index in [9.17, 15) is 10.2 Å². The lowest BCUT2D eigenvalue weighted by Crippen LogP contribution is -2.33. The third kappa shape index (κ3) is 8.81. The Morgan fingerprint density at radius 3 is 1.43 bits per heavy atom. The molecule has 2 N–H and O–H groups in total. The van der Waals surface area contributed by atoms with Crippen LogP contribution in [0.1, 0.15) is 49.7 Å². The molecule has 0 atom stereocenters. The molecule has 0 aliphatic carbocycles. The average Bonchev–Trinajstić information content (AvgIpc) is 3.02. The van der Waals surface area contributed by atoms with Crippen LogP contribution in [0, 0.1) is 0 Å². The molecule has 2 fully saturated rings. The molecule has 0 aromatic heterocycles. The highest BCUT2D eigenvalue weighted by molar-refractivity contribution is 5.89. The van der Waals surface area contributed by atoms with E-state index in [2.05, 4.69) is 19.8 Å². The van der Waals surface area contributed by atoms with Crippen molar-refractivity contribution in [2.24, 2.45) is 9.98 Å². The lowest BCUT2D eigenvalue weighted by Gasteiger charge is -2.26. The second-order valence-electron chi connectivity index (χ2n) is 10.9. The Balaban J connectivity index is 1.16. The third-order valence-electron chi connectivity index (χ3n) is 7.82. The van der Waals surface area contributed by atoms with Gasteiger partial charge in [0.05, 0.1) is 11.4 Å². The van der Waals surface area contributed by atoms with Crippen LogP contribution in [0.2, 0.25) is 0 Å². The Hall–Kier alpha value is -3.88. The molecule has 0 amide bonds. The zero-order valence-corrected chi connectivity index (χ0v) is 24.3. The summed E-state index contributed by atoms with van der Waals surface area (Å²) >= 11 is 0. The van der Waals surface area contributed by atoms with Crippen LogP contribution in [-0.4, -0.2) is 84.9 Å². The summed E-state index contributed by atoms with van der Waals surface area (Å²) in [5.74, 6) is 1.51. The van der Waals surface area contributed by atoms with Gasteiger partial charge in [0.2, 0.25) is 0 Å². The zero-order chi connectivity index (χ0) is 29.0. The monoisotopic (exact) mass is 570 g/mol. The quantitative estimate of drug-likeness (QED) is 0.248. The van der Waals surface area contributed by atoms with Gasteiger partial charge in [-0.2, -0.15) is 0 Å². The number of aromatic hydroxyl groups is 2. The highest BCUT2D eigenvalue weighted by Gasteiger charge is 2.11. The van der Waals surface area contributed by atoms with E-state index in [1.165, 1.54) is 38.5 Å². The Morgan fingerprint density at radius 2 is 1.02 bits per heavy atom. The number of likely N-dealkylation sites (tertiary alicyclic amines) is 2. The maximum Gasteiger partial charge on any atom is 0.128 e. The van der Waals surface area contributed by atoms with E-state index in [0.29, 0.717) is 47.2 Å². The Bertz CT molecular complexity index is 1240. The van der Waals surface area contributed by atoms with E-state index in [4.69, 9.17) is 9.47 Å². The molecule has 0 radical (unpaired) electrons. The van der Waals surface area contributed by atoms with Crippen LogP contribution in [0.15, 0.2) is 70.6 Å². The van der Waals surface area contributed by atoms with E-state index in [-0.39, 0.29) is 11.5 Å². The highest BCUT2D eigenvalue weighted by atomic mass is 16.5. The minimum absolute atomic E-state index is 0.110. The van der Waals surface area contributed by atoms with Gasteiger partial charge < -0.3 is 19.7 Å². The molecule has 0 bridgehead atoms. The van der Waals surface area contributed by atoms with Gasteiger partial charge in [-0.1, -0.05) is 25.0 Å². The number of ether oxygens (including phenoxy) is 2. The van der Waals surface area contributed by atoms with Gasteiger partial charge in [0, 0.05) is 48.8 Å². The van der Waals surface area contributed by atoms with Crippen LogP contribution in [0.4, 0.5) is 11.4 Å². The predicted octanol–water partition coefficient (Wildman–Crippen LogP) is 6.33. The fraction of sp³-hybridized carbons (Fsp3) is 0.412. The largest absolute Gasteiger partial charge is 0.507 e. The number of benzene rings is 3. The fourth-order valence-electron chi connectivity index (χ4n) is 5.36. The number of aliphatic imine (C=N–C) groups is 2. The van der Waals surface area contributed by atoms with Gasteiger partial charge in [0.1, 0.15) is 36.2 Å². The third-order valence-corrected chi connectivity index (χ3v) is 7.82. The smallest absolute Gasteiger partial charge is 0.128 e. The molecule has 0 spiro atoms. The first kappa shape index (κ1) is 29.6. The van der Waals surface area contributed by atoms with Crippen LogP contribution in [0.3, 0.4) is 0 Å². The first-order chi connectivity index (χ1) is 20.6. The molecular weight excluding hydrogens is 528 g/mol. The molecule has 2 saturated heterocycles. The van der Waals surface area contributed by atoms with Gasteiger partial charge in [-0.15, -0.1) is 0 Å². The summed E-state index contributed by atoms with van der Waals surface area (Å²) < 4.78 is 11.7. The first-order valence-electron chi connectivity index (χ1n) is 15.2. The van der Waals surface area contributed by atoms with Crippen LogP contribution in [0.25, 0.3) is 0 Å². The summed E-state index contributed by atoms with van der Waals surface area (Å²) in [4.78, 5) is 14.0. The molecule has 0 unspecified atom stereocenters. The van der Waals surface area contributed by atoms with Gasteiger partial charge >= 0.3 is 0 Å². The molecule has 2 heterocycles. The number of nitrogens with zero attached hydrogens (tertiary/aromatic N) is 4. The van der Waals surface area contributed by atoms with Crippen molar-refractivity contribution in [3.8, 4) is 23.0 Å². The summed E-state index contributed by atoms with van der Waals surface area (Å²) in [7, 11) is 0. The zero-order valence-electron chi connectivity index (χ0n) is 24.3. The molecule has 5 rings (SSSR count). The number of piperidine rings is 2. The molecule has 2 aliphatic rings. The summed E-state index contributed by atoms with van der Waals surface area (Å²) in [5, 5.41) is 21.1. The van der Waals surface area contributed by atoms with Crippen molar-refractivity contribution in [3.63, 3.8) is 0 Å². The predicted molar refractivity (Wildman–Crippen MR) is 169 cm³/mol. The second-order valence-corrected chi connectivity index (χ2v) is 10.9. The number of para-hydroxylation sites is 2. The Morgan fingerprint density at radius 1 is 0.595 bits per heavy atom. The van der Waals surface area contributed by atoms with Crippen LogP contribution >= 0.6 is 0 Å². The van der Waals surface area contributed by atoms with E-state index >= 15 is 0 Å². The summed E-state index contributed by atoms with van der Waals surface area (Å²) in [6.45, 7) is 7.54. The number of hydrogen-bond donors (Lipinski definition) is 2. The normalized spacial score (nSPS) is 16.8. The van der Waals surface area contributed by atoms with Crippen molar-refractivity contribution >= 4 is 23.8 Å². The lowest BCUT2D eigenvalue weighted by molar-refractivity contribution is 0.183. The number of phenolic OH excluding ortho intramolecular Hbond substituents is 2. The fourth-order valence-corrected chi connectivity index (χ4v) is 5.36. The maximum atomic E-state index is 10.6. The van der Waals surface area contributed by atoms with Crippen LogP contribution in [0.5, 0.6) is 23.0 Å². The van der Waals surface area contributed by atoms with Crippen molar-refractivity contribution in [3.05, 3.63) is 71.8 Å². The summed E-state index contributed by atoms with van der Waals surface area (Å²) in [5.41, 5.74) is 2.47. The van der Waals surface area contributed by atoms with Crippen molar-refractivity contribution in [1.29, 1.82) is 0 Å². The minimum Gasteiger partial charge on any atom is -0.507 e. The van der Waals surface area contributed by atoms with Gasteiger partial charge in [-0.3, -0.25) is 19.8 Å². The van der Waals surface area contributed by atoms with Crippen molar-refractivity contribution in [2.45, 2.75) is 38.5 Å². The van der Waals surface area contributed by atoms with E-state index < -0.39 is 0 Å². The Kier molecular flexibility index (Phi) is 10.8. The molecule has 222 valence electrons. The number of rotatable bonds is 12. The molecule has 8 nitrogen and oxygen atoms in total. The average molecular weight is 571 g/mol. The topological polar surface area (TPSA) is 90.1 Å². The van der Waals surface area contributed by atoms with Crippen LogP contribution in [-0.2, 0) is 0 Å². The SMILES string of the molecule is Oc1cc(OCCN2CCCCC2)ccc1C=Nc1ccccc1N=Cc1ccc(OCCN2CCCCC2)cc1O. The van der Waals surface area contributed by atoms with Gasteiger partial charge in [0.15, 0.2) is 0 Å². The number of hydrogen-bond acceptors (Lipinski definition) is 8. The van der Waals surface area contributed by atoms with Crippen LogP contribution < -0.4 is 9.47 Å². The lowest BCUT2D eigenvalue weighted by atomic mass is 10.1. The van der Waals surface area contributed by atoms with Gasteiger partial charge in [-0.05, 0) is 88.3 Å². The highest BCUT2D eigenvalue weighted by Crippen LogP contribution is 2.30. The molecule has 3 aromatic rings. The molecule has 8 heteroatoms. The molecule has 0 saturated carbocycles. The minimum atomic E-state index is 0.110. The first-order valence-corrected chi connectivity index (χ1v) is 15.2. The summed E-state index contributed by atoms with van der Waals surface area (Å²) in [6.07, 6.45) is 10.9. The van der Waals surface area contributed by atoms with Gasteiger partial charge in [-0.25, -0.2) is 0 Å². The second kappa shape index (κ2) is 15.4.